The summed E-state index contributed by atoms with van der Waals surface area (Å²) in [6.45, 7) is 9.39. The molecule has 0 aliphatic carbocycles. The van der Waals surface area contributed by atoms with Gasteiger partial charge in [0.1, 0.15) is 5.01 Å². The number of aryl methyl sites for hydroxylation is 2. The molecule has 0 spiro atoms. The summed E-state index contributed by atoms with van der Waals surface area (Å²) in [4.78, 5) is 14.3. The van der Waals surface area contributed by atoms with Crippen molar-refractivity contribution in [3.8, 4) is 0 Å². The van der Waals surface area contributed by atoms with Gasteiger partial charge in [0.25, 0.3) is 0 Å². The zero-order chi connectivity index (χ0) is 18.4. The van der Waals surface area contributed by atoms with Crippen molar-refractivity contribution in [2.75, 3.05) is 26.7 Å². The van der Waals surface area contributed by atoms with Crippen LogP contribution >= 0.6 is 22.7 Å². The third-order valence-corrected chi connectivity index (χ3v) is 6.86. The van der Waals surface area contributed by atoms with Crippen LogP contribution in [-0.2, 0) is 13.1 Å². The minimum Gasteiger partial charge on any atom is -0.356 e. The third kappa shape index (κ3) is 5.53. The van der Waals surface area contributed by atoms with Gasteiger partial charge in [-0.3, -0.25) is 9.89 Å². The van der Waals surface area contributed by atoms with E-state index in [1.165, 1.54) is 35.7 Å². The summed E-state index contributed by atoms with van der Waals surface area (Å²) in [5, 5.41) is 10.2. The monoisotopic (exact) mass is 391 g/mol. The van der Waals surface area contributed by atoms with Gasteiger partial charge in [0, 0.05) is 29.9 Å². The van der Waals surface area contributed by atoms with Crippen LogP contribution in [0.2, 0.25) is 0 Å². The Morgan fingerprint density at radius 3 is 2.73 bits per heavy atom. The van der Waals surface area contributed by atoms with Crippen LogP contribution in [0, 0.1) is 19.8 Å². The maximum atomic E-state index is 4.57. The lowest BCUT2D eigenvalue weighted by Gasteiger charge is -2.32. The highest BCUT2D eigenvalue weighted by molar-refractivity contribution is 7.11. The summed E-state index contributed by atoms with van der Waals surface area (Å²) in [5.74, 6) is 1.59. The van der Waals surface area contributed by atoms with Crippen molar-refractivity contribution in [1.29, 1.82) is 0 Å². The summed E-state index contributed by atoms with van der Waals surface area (Å²) in [6.07, 6.45) is 2.50. The van der Waals surface area contributed by atoms with Gasteiger partial charge in [-0.2, -0.15) is 0 Å². The Balaban J connectivity index is 1.36. The first kappa shape index (κ1) is 19.3. The molecule has 1 fully saturated rings. The van der Waals surface area contributed by atoms with Crippen molar-refractivity contribution in [3.05, 3.63) is 38.0 Å². The number of rotatable bonds is 6. The van der Waals surface area contributed by atoms with Crippen LogP contribution in [0.3, 0.4) is 0 Å². The molecule has 1 aliphatic rings. The predicted octanol–water partition coefficient (Wildman–Crippen LogP) is 3.40. The molecule has 5 nitrogen and oxygen atoms in total. The number of hydrogen-bond donors (Lipinski definition) is 2. The molecule has 142 valence electrons. The van der Waals surface area contributed by atoms with Crippen LogP contribution in [0.15, 0.2) is 22.5 Å². The number of guanidine groups is 1. The second-order valence-electron chi connectivity index (χ2n) is 6.85. The molecule has 0 bridgehead atoms. The Bertz CT molecular complexity index is 680. The number of aliphatic imine (C=N–C) groups is 1. The summed E-state index contributed by atoms with van der Waals surface area (Å²) in [5.41, 5.74) is 1.13. The lowest BCUT2D eigenvalue weighted by Crippen LogP contribution is -2.42. The third-order valence-electron chi connectivity index (χ3n) is 4.93. The van der Waals surface area contributed by atoms with E-state index >= 15 is 0 Å². The molecule has 2 N–H and O–H groups in total. The van der Waals surface area contributed by atoms with Crippen molar-refractivity contribution < 1.29 is 0 Å². The summed E-state index contributed by atoms with van der Waals surface area (Å²) >= 11 is 3.61. The number of aromatic nitrogens is 1. The molecule has 0 amide bonds. The van der Waals surface area contributed by atoms with Crippen LogP contribution < -0.4 is 10.6 Å². The second-order valence-corrected chi connectivity index (χ2v) is 9.17. The van der Waals surface area contributed by atoms with E-state index in [0.29, 0.717) is 0 Å². The van der Waals surface area contributed by atoms with Crippen molar-refractivity contribution in [3.63, 3.8) is 0 Å². The Kier molecular flexibility index (Phi) is 7.05. The maximum absolute atomic E-state index is 4.57. The summed E-state index contributed by atoms with van der Waals surface area (Å²) < 4.78 is 0. The largest absolute Gasteiger partial charge is 0.356 e. The first-order valence-electron chi connectivity index (χ1n) is 9.26. The molecule has 2 aromatic heterocycles. The van der Waals surface area contributed by atoms with Crippen molar-refractivity contribution in [2.45, 2.75) is 39.8 Å². The normalized spacial score (nSPS) is 16.8. The lowest BCUT2D eigenvalue weighted by atomic mass is 9.97. The number of likely N-dealkylation sites (tertiary alicyclic amines) is 1. The molecular weight excluding hydrogens is 362 g/mol. The highest BCUT2D eigenvalue weighted by Crippen LogP contribution is 2.20. The fraction of sp³-hybridized carbons (Fsp3) is 0.579. The molecule has 0 saturated carbocycles. The molecule has 3 heterocycles. The number of hydrogen-bond acceptors (Lipinski definition) is 5. The van der Waals surface area contributed by atoms with Crippen LogP contribution in [0.1, 0.15) is 33.3 Å². The Hall–Kier alpha value is -1.44. The van der Waals surface area contributed by atoms with Gasteiger partial charge in [0.05, 0.1) is 12.2 Å². The van der Waals surface area contributed by atoms with Gasteiger partial charge in [0.15, 0.2) is 5.96 Å². The average molecular weight is 392 g/mol. The Morgan fingerprint density at radius 2 is 2.12 bits per heavy atom. The Morgan fingerprint density at radius 1 is 1.31 bits per heavy atom. The smallest absolute Gasteiger partial charge is 0.191 e. The summed E-state index contributed by atoms with van der Waals surface area (Å²) in [7, 11) is 1.83. The zero-order valence-corrected chi connectivity index (χ0v) is 17.6. The number of piperidine rings is 1. The summed E-state index contributed by atoms with van der Waals surface area (Å²) in [6, 6.07) is 4.38. The average Bonchev–Trinajstić information content (AvgIpc) is 3.26. The van der Waals surface area contributed by atoms with E-state index in [2.05, 4.69) is 56.9 Å². The topological polar surface area (TPSA) is 52.6 Å². The van der Waals surface area contributed by atoms with Gasteiger partial charge >= 0.3 is 0 Å². The van der Waals surface area contributed by atoms with Crippen molar-refractivity contribution in [2.24, 2.45) is 10.9 Å². The van der Waals surface area contributed by atoms with Gasteiger partial charge in [-0.1, -0.05) is 6.07 Å². The molecule has 2 aromatic rings. The molecule has 26 heavy (non-hydrogen) atoms. The van der Waals surface area contributed by atoms with Gasteiger partial charge in [0.2, 0.25) is 0 Å². The molecule has 0 radical (unpaired) electrons. The van der Waals surface area contributed by atoms with E-state index in [4.69, 9.17) is 0 Å². The minimum atomic E-state index is 0.720. The van der Waals surface area contributed by atoms with Crippen molar-refractivity contribution >= 4 is 28.6 Å². The lowest BCUT2D eigenvalue weighted by molar-refractivity contribution is 0.179. The molecule has 0 aromatic carbocycles. The van der Waals surface area contributed by atoms with Gasteiger partial charge < -0.3 is 10.6 Å². The SMILES string of the molecule is CN=C(NCc1nc(C)c(C)s1)NCC1CCN(Cc2cccs2)CC1. The first-order valence-corrected chi connectivity index (χ1v) is 11.0. The van der Waals surface area contributed by atoms with E-state index in [0.717, 1.165) is 42.2 Å². The van der Waals surface area contributed by atoms with Crippen molar-refractivity contribution in [1.82, 2.24) is 20.5 Å². The minimum absolute atomic E-state index is 0.720. The molecule has 1 aliphatic heterocycles. The van der Waals surface area contributed by atoms with Gasteiger partial charge in [-0.05, 0) is 57.1 Å². The number of nitrogens with zero attached hydrogens (tertiary/aromatic N) is 3. The number of thiophene rings is 1. The molecular formula is C19H29N5S2. The standard InChI is InChI=1S/C19H29N5S2/c1-14-15(2)26-18(23-14)12-22-19(20-3)21-11-16-6-8-24(9-7-16)13-17-5-4-10-25-17/h4-5,10,16H,6-9,11-13H2,1-3H3,(H2,20,21,22). The van der Waals surface area contributed by atoms with E-state index in [1.54, 1.807) is 11.3 Å². The molecule has 0 unspecified atom stereocenters. The zero-order valence-electron chi connectivity index (χ0n) is 15.9. The van der Waals surface area contributed by atoms with E-state index < -0.39 is 0 Å². The second kappa shape index (κ2) is 9.48. The first-order chi connectivity index (χ1) is 12.6. The van der Waals surface area contributed by atoms with Crippen LogP contribution in [-0.4, -0.2) is 42.5 Å². The highest BCUT2D eigenvalue weighted by atomic mass is 32.1. The maximum Gasteiger partial charge on any atom is 0.191 e. The van der Waals surface area contributed by atoms with Gasteiger partial charge in [-0.25, -0.2) is 4.98 Å². The molecule has 7 heteroatoms. The van der Waals surface area contributed by atoms with E-state index in [-0.39, 0.29) is 0 Å². The molecule has 1 saturated heterocycles. The quantitative estimate of drug-likeness (QED) is 0.585. The molecule has 0 atom stereocenters. The predicted molar refractivity (Wildman–Crippen MR) is 112 cm³/mol. The van der Waals surface area contributed by atoms with Crippen LogP contribution in [0.5, 0.6) is 0 Å². The highest BCUT2D eigenvalue weighted by Gasteiger charge is 2.19. The molecule has 3 rings (SSSR count). The number of nitrogens with one attached hydrogen (secondary N) is 2. The fourth-order valence-corrected chi connectivity index (χ4v) is 4.83. The van der Waals surface area contributed by atoms with Crippen LogP contribution in [0.4, 0.5) is 0 Å². The van der Waals surface area contributed by atoms with Gasteiger partial charge in [-0.15, -0.1) is 22.7 Å². The number of thiazole rings is 1. The van der Waals surface area contributed by atoms with Crippen LogP contribution in [0.25, 0.3) is 0 Å². The fourth-order valence-electron chi connectivity index (χ4n) is 3.21. The van der Waals surface area contributed by atoms with E-state index in [9.17, 15) is 0 Å². The van der Waals surface area contributed by atoms with E-state index in [1.807, 2.05) is 18.4 Å². The Labute approximate surface area is 164 Å².